The number of hydrogen-bond donors (Lipinski definition) is 0. The van der Waals surface area contributed by atoms with Crippen LogP contribution in [0.1, 0.15) is 32.3 Å². The minimum absolute atomic E-state index is 0.0850. The average molecular weight is 389 g/mol. The molecule has 0 saturated heterocycles. The fourth-order valence-electron chi connectivity index (χ4n) is 3.16. The standard InChI is InChI=1S/C24H27N3O2/c1-3-5-17-26(21-9-7-6-8-10-21)24(29)18-27-23(28)16-15-22(25-27)20-13-11-19(4-2)12-14-20/h6-16H,3-5,17-18H2,1-2H3. The lowest BCUT2D eigenvalue weighted by Crippen LogP contribution is -2.38. The van der Waals surface area contributed by atoms with Crippen LogP contribution in [0.15, 0.2) is 71.5 Å². The van der Waals surface area contributed by atoms with Crippen molar-refractivity contribution in [1.29, 1.82) is 0 Å². The Hall–Kier alpha value is -3.21. The Kier molecular flexibility index (Phi) is 6.95. The van der Waals surface area contributed by atoms with E-state index in [0.717, 1.165) is 30.5 Å². The summed E-state index contributed by atoms with van der Waals surface area (Å²) in [6.45, 7) is 4.73. The maximum absolute atomic E-state index is 13.0. The number of carbonyl (C=O) groups is 1. The van der Waals surface area contributed by atoms with E-state index in [-0.39, 0.29) is 18.0 Å². The third kappa shape index (κ3) is 5.19. The van der Waals surface area contributed by atoms with Crippen LogP contribution in [0.2, 0.25) is 0 Å². The number of benzene rings is 2. The van der Waals surface area contributed by atoms with Crippen molar-refractivity contribution < 1.29 is 4.79 Å². The van der Waals surface area contributed by atoms with Gasteiger partial charge in [0, 0.05) is 23.9 Å². The van der Waals surface area contributed by atoms with Crippen LogP contribution in [-0.2, 0) is 17.8 Å². The quantitative estimate of drug-likeness (QED) is 0.577. The highest BCUT2D eigenvalue weighted by Crippen LogP contribution is 2.17. The monoisotopic (exact) mass is 389 g/mol. The summed E-state index contributed by atoms with van der Waals surface area (Å²) in [5, 5.41) is 4.45. The molecule has 3 rings (SSSR count). The van der Waals surface area contributed by atoms with Crippen molar-refractivity contribution in [2.24, 2.45) is 0 Å². The first-order valence-electron chi connectivity index (χ1n) is 10.1. The first-order valence-corrected chi connectivity index (χ1v) is 10.1. The molecule has 1 aromatic heterocycles. The van der Waals surface area contributed by atoms with Crippen molar-refractivity contribution in [2.75, 3.05) is 11.4 Å². The van der Waals surface area contributed by atoms with Crippen LogP contribution in [0.25, 0.3) is 11.3 Å². The van der Waals surface area contributed by atoms with E-state index in [2.05, 4.69) is 31.1 Å². The zero-order valence-electron chi connectivity index (χ0n) is 17.0. The second-order valence-electron chi connectivity index (χ2n) is 7.00. The van der Waals surface area contributed by atoms with E-state index >= 15 is 0 Å². The third-order valence-corrected chi connectivity index (χ3v) is 4.91. The summed E-state index contributed by atoms with van der Waals surface area (Å²) < 4.78 is 1.26. The number of nitrogens with zero attached hydrogens (tertiary/aromatic N) is 3. The molecule has 0 aliphatic rings. The van der Waals surface area contributed by atoms with Crippen molar-refractivity contribution >= 4 is 11.6 Å². The summed E-state index contributed by atoms with van der Waals surface area (Å²) in [6.07, 6.45) is 2.85. The summed E-state index contributed by atoms with van der Waals surface area (Å²) in [6, 6.07) is 20.8. The molecule has 0 bridgehead atoms. The number of para-hydroxylation sites is 1. The Balaban J connectivity index is 1.85. The largest absolute Gasteiger partial charge is 0.311 e. The van der Waals surface area contributed by atoms with Gasteiger partial charge >= 0.3 is 0 Å². The zero-order chi connectivity index (χ0) is 20.6. The van der Waals surface area contributed by atoms with Gasteiger partial charge in [-0.1, -0.05) is 62.7 Å². The Morgan fingerprint density at radius 2 is 1.69 bits per heavy atom. The van der Waals surface area contributed by atoms with Gasteiger partial charge < -0.3 is 4.90 Å². The molecule has 29 heavy (non-hydrogen) atoms. The Morgan fingerprint density at radius 3 is 2.34 bits per heavy atom. The Bertz CT molecular complexity index is 995. The van der Waals surface area contributed by atoms with E-state index in [1.807, 2.05) is 42.5 Å². The molecule has 150 valence electrons. The number of aryl methyl sites for hydroxylation is 1. The maximum Gasteiger partial charge on any atom is 0.267 e. The van der Waals surface area contributed by atoms with E-state index in [9.17, 15) is 9.59 Å². The highest BCUT2D eigenvalue weighted by atomic mass is 16.2. The molecular weight excluding hydrogens is 362 g/mol. The minimum Gasteiger partial charge on any atom is -0.311 e. The lowest BCUT2D eigenvalue weighted by atomic mass is 10.1. The van der Waals surface area contributed by atoms with Gasteiger partial charge in [-0.15, -0.1) is 0 Å². The predicted octanol–water partition coefficient (Wildman–Crippen LogP) is 4.31. The first kappa shape index (κ1) is 20.5. The van der Waals surface area contributed by atoms with Gasteiger partial charge in [-0.2, -0.15) is 5.10 Å². The Labute approximate surface area is 171 Å². The summed E-state index contributed by atoms with van der Waals surface area (Å²) in [5.74, 6) is -0.141. The van der Waals surface area contributed by atoms with Crippen molar-refractivity contribution in [3.63, 3.8) is 0 Å². The van der Waals surface area contributed by atoms with Crippen LogP contribution >= 0.6 is 0 Å². The number of hydrogen-bond acceptors (Lipinski definition) is 3. The van der Waals surface area contributed by atoms with E-state index < -0.39 is 0 Å². The first-order chi connectivity index (χ1) is 14.1. The van der Waals surface area contributed by atoms with Crippen LogP contribution in [0.4, 0.5) is 5.69 Å². The molecule has 3 aromatic rings. The smallest absolute Gasteiger partial charge is 0.267 e. The number of rotatable bonds is 8. The maximum atomic E-state index is 13.0. The molecule has 0 atom stereocenters. The summed E-state index contributed by atoms with van der Waals surface area (Å²) in [7, 11) is 0. The summed E-state index contributed by atoms with van der Waals surface area (Å²) in [5.41, 5.74) is 3.40. The average Bonchev–Trinajstić information content (AvgIpc) is 2.76. The molecule has 5 heteroatoms. The topological polar surface area (TPSA) is 55.2 Å². The van der Waals surface area contributed by atoms with Gasteiger partial charge in [0.25, 0.3) is 5.56 Å². The normalized spacial score (nSPS) is 10.7. The fraction of sp³-hybridized carbons (Fsp3) is 0.292. The van der Waals surface area contributed by atoms with E-state index in [4.69, 9.17) is 0 Å². The van der Waals surface area contributed by atoms with Crippen LogP contribution in [-0.4, -0.2) is 22.2 Å². The van der Waals surface area contributed by atoms with Gasteiger partial charge in [0.15, 0.2) is 0 Å². The van der Waals surface area contributed by atoms with Crippen LogP contribution in [0.3, 0.4) is 0 Å². The van der Waals surface area contributed by atoms with Crippen molar-refractivity contribution in [2.45, 2.75) is 39.7 Å². The van der Waals surface area contributed by atoms with Gasteiger partial charge in [0.1, 0.15) is 6.54 Å². The summed E-state index contributed by atoms with van der Waals surface area (Å²) >= 11 is 0. The molecule has 0 N–H and O–H groups in total. The summed E-state index contributed by atoms with van der Waals surface area (Å²) in [4.78, 5) is 27.1. The van der Waals surface area contributed by atoms with Gasteiger partial charge in [0.2, 0.25) is 5.91 Å². The Morgan fingerprint density at radius 1 is 0.966 bits per heavy atom. The fourth-order valence-corrected chi connectivity index (χ4v) is 3.16. The molecule has 0 radical (unpaired) electrons. The molecule has 0 unspecified atom stereocenters. The second-order valence-corrected chi connectivity index (χ2v) is 7.00. The molecule has 5 nitrogen and oxygen atoms in total. The lowest BCUT2D eigenvalue weighted by molar-refractivity contribution is -0.119. The van der Waals surface area contributed by atoms with Gasteiger partial charge in [-0.25, -0.2) is 4.68 Å². The van der Waals surface area contributed by atoms with E-state index in [1.54, 1.807) is 11.0 Å². The van der Waals surface area contributed by atoms with Gasteiger partial charge in [-0.05, 0) is 36.6 Å². The zero-order valence-corrected chi connectivity index (χ0v) is 17.0. The highest BCUT2D eigenvalue weighted by Gasteiger charge is 2.17. The van der Waals surface area contributed by atoms with E-state index in [0.29, 0.717) is 12.2 Å². The highest BCUT2D eigenvalue weighted by molar-refractivity contribution is 5.93. The predicted molar refractivity (Wildman–Crippen MR) is 117 cm³/mol. The van der Waals surface area contributed by atoms with Crippen LogP contribution in [0.5, 0.6) is 0 Å². The minimum atomic E-state index is -0.282. The van der Waals surface area contributed by atoms with Crippen LogP contribution < -0.4 is 10.5 Å². The number of carbonyl (C=O) groups excluding carboxylic acids is 1. The number of unbranched alkanes of at least 4 members (excludes halogenated alkanes) is 1. The van der Waals surface area contributed by atoms with Crippen molar-refractivity contribution in [3.05, 3.63) is 82.6 Å². The van der Waals surface area contributed by atoms with Crippen molar-refractivity contribution in [1.82, 2.24) is 9.78 Å². The van der Waals surface area contributed by atoms with Crippen LogP contribution in [0, 0.1) is 0 Å². The third-order valence-electron chi connectivity index (χ3n) is 4.91. The molecule has 2 aromatic carbocycles. The molecule has 0 fully saturated rings. The second kappa shape index (κ2) is 9.82. The van der Waals surface area contributed by atoms with E-state index in [1.165, 1.54) is 16.3 Å². The SMILES string of the molecule is CCCCN(C(=O)Cn1nc(-c2ccc(CC)cc2)ccc1=O)c1ccccc1. The lowest BCUT2D eigenvalue weighted by Gasteiger charge is -2.23. The molecule has 1 heterocycles. The molecule has 1 amide bonds. The number of amides is 1. The van der Waals surface area contributed by atoms with Gasteiger partial charge in [0.05, 0.1) is 5.69 Å². The molecular formula is C24H27N3O2. The molecule has 0 aliphatic carbocycles. The molecule has 0 spiro atoms. The molecule has 0 aliphatic heterocycles. The van der Waals surface area contributed by atoms with Crippen molar-refractivity contribution in [3.8, 4) is 11.3 Å². The number of aromatic nitrogens is 2. The van der Waals surface area contributed by atoms with Gasteiger partial charge in [-0.3, -0.25) is 9.59 Å². The molecule has 0 saturated carbocycles. The number of anilines is 1.